The normalized spacial score (nSPS) is 15.2. The summed E-state index contributed by atoms with van der Waals surface area (Å²) in [6.07, 6.45) is 1.38. The van der Waals surface area contributed by atoms with E-state index >= 15 is 0 Å². The van der Waals surface area contributed by atoms with E-state index in [-0.39, 0.29) is 17.3 Å². The molecule has 1 aliphatic heterocycles. The second-order valence-electron chi connectivity index (χ2n) is 5.88. The Balaban J connectivity index is 1.74. The number of aryl methyl sites for hydroxylation is 2. The number of sulfonamides is 1. The van der Waals surface area contributed by atoms with Crippen LogP contribution in [0.4, 0.5) is 5.69 Å². The maximum Gasteiger partial charge on any atom is 0.240 e. The quantitative estimate of drug-likeness (QED) is 0.858. The van der Waals surface area contributed by atoms with Gasteiger partial charge in [-0.05, 0) is 44.5 Å². The van der Waals surface area contributed by atoms with Gasteiger partial charge in [-0.3, -0.25) is 9.89 Å². The molecule has 0 aliphatic carbocycles. The highest BCUT2D eigenvalue weighted by Crippen LogP contribution is 2.23. The first kappa shape index (κ1) is 16.7. The highest BCUT2D eigenvalue weighted by atomic mass is 32.2. The largest absolute Gasteiger partial charge is 0.312 e. The molecule has 1 saturated heterocycles. The molecular formula is C16H20N4O3S. The van der Waals surface area contributed by atoms with Crippen molar-refractivity contribution in [3.8, 4) is 0 Å². The molecule has 2 N–H and O–H groups in total. The van der Waals surface area contributed by atoms with Crippen LogP contribution in [-0.2, 0) is 21.4 Å². The molecule has 0 bridgehead atoms. The number of amides is 1. The predicted octanol–water partition coefficient (Wildman–Crippen LogP) is 1.63. The lowest BCUT2D eigenvalue weighted by Crippen LogP contribution is -2.25. The van der Waals surface area contributed by atoms with Crippen LogP contribution >= 0.6 is 0 Å². The summed E-state index contributed by atoms with van der Waals surface area (Å²) in [6.45, 7) is 4.55. The molecule has 2 aromatic rings. The van der Waals surface area contributed by atoms with Gasteiger partial charge in [-0.1, -0.05) is 0 Å². The SMILES string of the molecule is Cc1n[nH]c(C)c1CNS(=O)(=O)c1ccc(N2CCCC2=O)cc1. The number of carbonyl (C=O) groups excluding carboxylic acids is 1. The van der Waals surface area contributed by atoms with E-state index in [1.165, 1.54) is 12.1 Å². The van der Waals surface area contributed by atoms with Crippen LogP contribution in [-0.4, -0.2) is 31.1 Å². The summed E-state index contributed by atoms with van der Waals surface area (Å²) in [4.78, 5) is 13.6. The summed E-state index contributed by atoms with van der Waals surface area (Å²) in [7, 11) is -3.62. The Morgan fingerprint density at radius 1 is 1.25 bits per heavy atom. The third kappa shape index (κ3) is 3.20. The molecule has 0 radical (unpaired) electrons. The minimum atomic E-state index is -3.62. The number of rotatable bonds is 5. The smallest absolute Gasteiger partial charge is 0.240 e. The number of aromatic nitrogens is 2. The maximum absolute atomic E-state index is 12.4. The van der Waals surface area contributed by atoms with Crippen molar-refractivity contribution in [1.82, 2.24) is 14.9 Å². The van der Waals surface area contributed by atoms with E-state index in [0.717, 1.165) is 29.1 Å². The number of aromatic amines is 1. The van der Waals surface area contributed by atoms with Crippen LogP contribution in [0.1, 0.15) is 29.8 Å². The summed E-state index contributed by atoms with van der Waals surface area (Å²) in [5.41, 5.74) is 3.20. The molecule has 1 aliphatic rings. The number of carbonyl (C=O) groups is 1. The van der Waals surface area contributed by atoms with Gasteiger partial charge in [-0.2, -0.15) is 5.10 Å². The Morgan fingerprint density at radius 3 is 2.50 bits per heavy atom. The zero-order valence-corrected chi connectivity index (χ0v) is 14.5. The van der Waals surface area contributed by atoms with Gasteiger partial charge in [0.15, 0.2) is 0 Å². The fourth-order valence-electron chi connectivity index (χ4n) is 2.81. The standard InChI is InChI=1S/C16H20N4O3S/c1-11-15(12(2)19-18-11)10-17-24(22,23)14-7-5-13(6-8-14)20-9-3-4-16(20)21/h5-8,17H,3-4,9-10H2,1-2H3,(H,18,19). The van der Waals surface area contributed by atoms with Crippen molar-refractivity contribution in [2.45, 2.75) is 38.1 Å². The fraction of sp³-hybridized carbons (Fsp3) is 0.375. The van der Waals surface area contributed by atoms with Crippen LogP contribution in [0.3, 0.4) is 0 Å². The average molecular weight is 348 g/mol. The third-order valence-corrected chi connectivity index (χ3v) is 5.67. The first-order chi connectivity index (χ1) is 11.4. The van der Waals surface area contributed by atoms with E-state index in [1.54, 1.807) is 17.0 Å². The molecule has 1 fully saturated rings. The zero-order valence-electron chi connectivity index (χ0n) is 13.7. The molecule has 128 valence electrons. The van der Waals surface area contributed by atoms with Crippen LogP contribution < -0.4 is 9.62 Å². The van der Waals surface area contributed by atoms with Gasteiger partial charge in [0.05, 0.1) is 10.6 Å². The highest BCUT2D eigenvalue weighted by Gasteiger charge is 2.22. The molecule has 0 spiro atoms. The van der Waals surface area contributed by atoms with Crippen LogP contribution in [0.15, 0.2) is 29.2 Å². The summed E-state index contributed by atoms with van der Waals surface area (Å²) >= 11 is 0. The molecule has 1 aromatic heterocycles. The number of hydrogen-bond donors (Lipinski definition) is 2. The van der Waals surface area contributed by atoms with E-state index < -0.39 is 10.0 Å². The van der Waals surface area contributed by atoms with Crippen molar-refractivity contribution >= 4 is 21.6 Å². The summed E-state index contributed by atoms with van der Waals surface area (Å²) in [5, 5.41) is 6.89. The van der Waals surface area contributed by atoms with Gasteiger partial charge in [-0.15, -0.1) is 0 Å². The summed E-state index contributed by atoms with van der Waals surface area (Å²) in [6, 6.07) is 6.40. The monoisotopic (exact) mass is 348 g/mol. The van der Waals surface area contributed by atoms with E-state index in [1.807, 2.05) is 13.8 Å². The van der Waals surface area contributed by atoms with Crippen molar-refractivity contribution in [3.05, 3.63) is 41.2 Å². The van der Waals surface area contributed by atoms with E-state index in [4.69, 9.17) is 0 Å². The van der Waals surface area contributed by atoms with Crippen LogP contribution in [0.5, 0.6) is 0 Å². The van der Waals surface area contributed by atoms with Crippen molar-refractivity contribution in [2.75, 3.05) is 11.4 Å². The van der Waals surface area contributed by atoms with Gasteiger partial charge < -0.3 is 4.90 Å². The number of nitrogens with zero attached hydrogens (tertiary/aromatic N) is 2. The Hall–Kier alpha value is -2.19. The van der Waals surface area contributed by atoms with E-state index in [2.05, 4.69) is 14.9 Å². The Morgan fingerprint density at radius 2 is 1.96 bits per heavy atom. The van der Waals surface area contributed by atoms with Gasteiger partial charge in [0.1, 0.15) is 0 Å². The van der Waals surface area contributed by atoms with Gasteiger partial charge in [0.2, 0.25) is 15.9 Å². The van der Waals surface area contributed by atoms with E-state index in [0.29, 0.717) is 13.0 Å². The number of hydrogen-bond acceptors (Lipinski definition) is 4. The summed E-state index contributed by atoms with van der Waals surface area (Å²) < 4.78 is 27.4. The molecule has 0 atom stereocenters. The highest BCUT2D eigenvalue weighted by molar-refractivity contribution is 7.89. The molecule has 24 heavy (non-hydrogen) atoms. The minimum Gasteiger partial charge on any atom is -0.312 e. The van der Waals surface area contributed by atoms with Gasteiger partial charge >= 0.3 is 0 Å². The zero-order chi connectivity index (χ0) is 17.3. The van der Waals surface area contributed by atoms with Gasteiger partial charge in [0, 0.05) is 36.5 Å². The number of anilines is 1. The van der Waals surface area contributed by atoms with Crippen LogP contribution in [0.25, 0.3) is 0 Å². The van der Waals surface area contributed by atoms with Gasteiger partial charge in [0.25, 0.3) is 0 Å². The molecule has 2 heterocycles. The molecule has 0 unspecified atom stereocenters. The number of benzene rings is 1. The topological polar surface area (TPSA) is 95.2 Å². The van der Waals surface area contributed by atoms with Crippen molar-refractivity contribution < 1.29 is 13.2 Å². The predicted molar refractivity (Wildman–Crippen MR) is 90.1 cm³/mol. The molecule has 0 saturated carbocycles. The molecule has 3 rings (SSSR count). The Labute approximate surface area is 141 Å². The lowest BCUT2D eigenvalue weighted by molar-refractivity contribution is -0.117. The Bertz CT molecular complexity index is 836. The second-order valence-corrected chi connectivity index (χ2v) is 7.65. The first-order valence-corrected chi connectivity index (χ1v) is 9.27. The number of nitrogens with one attached hydrogen (secondary N) is 2. The first-order valence-electron chi connectivity index (χ1n) is 7.79. The van der Waals surface area contributed by atoms with Gasteiger partial charge in [-0.25, -0.2) is 13.1 Å². The average Bonchev–Trinajstić information content (AvgIpc) is 3.12. The van der Waals surface area contributed by atoms with E-state index in [9.17, 15) is 13.2 Å². The van der Waals surface area contributed by atoms with Crippen molar-refractivity contribution in [3.63, 3.8) is 0 Å². The van der Waals surface area contributed by atoms with Crippen molar-refractivity contribution in [1.29, 1.82) is 0 Å². The van der Waals surface area contributed by atoms with Crippen LogP contribution in [0.2, 0.25) is 0 Å². The Kier molecular flexibility index (Phi) is 4.42. The second kappa shape index (κ2) is 6.37. The molecule has 7 nitrogen and oxygen atoms in total. The lowest BCUT2D eigenvalue weighted by Gasteiger charge is -2.16. The fourth-order valence-corrected chi connectivity index (χ4v) is 3.81. The molecule has 8 heteroatoms. The lowest BCUT2D eigenvalue weighted by atomic mass is 10.2. The van der Waals surface area contributed by atoms with Crippen LogP contribution in [0, 0.1) is 13.8 Å². The minimum absolute atomic E-state index is 0.0784. The molecular weight excluding hydrogens is 328 g/mol. The molecule has 1 amide bonds. The van der Waals surface area contributed by atoms with Crippen molar-refractivity contribution in [2.24, 2.45) is 0 Å². The summed E-state index contributed by atoms with van der Waals surface area (Å²) in [5.74, 6) is 0.0784. The number of H-pyrrole nitrogens is 1. The maximum atomic E-state index is 12.4. The third-order valence-electron chi connectivity index (χ3n) is 4.25. The molecule has 1 aromatic carbocycles.